The summed E-state index contributed by atoms with van der Waals surface area (Å²) in [6, 6.07) is 2.08. The van der Waals surface area contributed by atoms with Crippen molar-refractivity contribution in [3.05, 3.63) is 18.0 Å². The molecule has 86 valence electrons. The molecule has 0 aromatic carbocycles. The van der Waals surface area contributed by atoms with Gasteiger partial charge in [0.05, 0.1) is 0 Å². The van der Waals surface area contributed by atoms with Crippen LogP contribution in [0.5, 0.6) is 0 Å². The number of hydrogen-bond donors (Lipinski definition) is 1. The van der Waals surface area contributed by atoms with E-state index in [0.717, 1.165) is 13.0 Å². The van der Waals surface area contributed by atoms with Crippen molar-refractivity contribution in [2.45, 2.75) is 45.6 Å². The first-order chi connectivity index (χ1) is 7.11. The summed E-state index contributed by atoms with van der Waals surface area (Å²) in [7, 11) is 1.99. The average Bonchev–Trinajstić information content (AvgIpc) is 2.64. The molecule has 1 N–H and O–H groups in total. The first-order valence-corrected chi connectivity index (χ1v) is 5.83. The van der Waals surface area contributed by atoms with Gasteiger partial charge in [0.15, 0.2) is 0 Å². The van der Waals surface area contributed by atoms with Crippen LogP contribution in [0.25, 0.3) is 0 Å². The van der Waals surface area contributed by atoms with Crippen LogP contribution in [0.3, 0.4) is 0 Å². The molecule has 15 heavy (non-hydrogen) atoms. The van der Waals surface area contributed by atoms with Crippen LogP contribution < -0.4 is 5.32 Å². The minimum Gasteiger partial charge on any atom is -0.311 e. The maximum atomic E-state index is 4.16. The molecule has 3 nitrogen and oxygen atoms in total. The smallest absolute Gasteiger partial charge is 0.0492 e. The number of nitrogens with one attached hydrogen (secondary N) is 1. The Kier molecular flexibility index (Phi) is 4.33. The molecular formula is C12H23N3. The molecule has 0 aliphatic rings. The van der Waals surface area contributed by atoms with Crippen LogP contribution in [0, 0.1) is 0 Å². The fourth-order valence-corrected chi connectivity index (χ4v) is 1.64. The minimum atomic E-state index is 0.290. The summed E-state index contributed by atoms with van der Waals surface area (Å²) < 4.78 is 1.94. The first-order valence-electron chi connectivity index (χ1n) is 5.83. The summed E-state index contributed by atoms with van der Waals surface area (Å²) in [5, 5.41) is 7.78. The second-order valence-electron chi connectivity index (χ2n) is 4.39. The lowest BCUT2D eigenvalue weighted by atomic mass is 9.95. The highest BCUT2D eigenvalue weighted by Crippen LogP contribution is 2.13. The maximum absolute atomic E-state index is 4.16. The zero-order chi connectivity index (χ0) is 11.3. The van der Waals surface area contributed by atoms with Crippen LogP contribution in [-0.2, 0) is 13.5 Å². The van der Waals surface area contributed by atoms with Crippen molar-refractivity contribution < 1.29 is 0 Å². The lowest BCUT2D eigenvalue weighted by Crippen LogP contribution is -2.42. The van der Waals surface area contributed by atoms with Gasteiger partial charge in [0.2, 0.25) is 0 Å². The van der Waals surface area contributed by atoms with Crippen molar-refractivity contribution in [1.82, 2.24) is 15.1 Å². The monoisotopic (exact) mass is 209 g/mol. The first kappa shape index (κ1) is 12.2. The highest BCUT2D eigenvalue weighted by Gasteiger charge is 2.17. The van der Waals surface area contributed by atoms with Crippen molar-refractivity contribution in [3.8, 4) is 0 Å². The second kappa shape index (κ2) is 5.31. The third-order valence-corrected chi connectivity index (χ3v) is 3.42. The van der Waals surface area contributed by atoms with Gasteiger partial charge < -0.3 is 5.32 Å². The quantitative estimate of drug-likeness (QED) is 0.778. The Morgan fingerprint density at radius 3 is 2.53 bits per heavy atom. The van der Waals surface area contributed by atoms with Crippen molar-refractivity contribution in [2.75, 3.05) is 6.54 Å². The van der Waals surface area contributed by atoms with Gasteiger partial charge in [0.1, 0.15) is 0 Å². The van der Waals surface area contributed by atoms with E-state index in [1.807, 2.05) is 17.9 Å². The Bertz CT molecular complexity index is 287. The third-order valence-electron chi connectivity index (χ3n) is 3.42. The second-order valence-corrected chi connectivity index (χ2v) is 4.39. The summed E-state index contributed by atoms with van der Waals surface area (Å²) in [5.74, 6) is 0. The van der Waals surface area contributed by atoms with E-state index in [9.17, 15) is 0 Å². The van der Waals surface area contributed by atoms with E-state index >= 15 is 0 Å². The van der Waals surface area contributed by atoms with Gasteiger partial charge in [-0.3, -0.25) is 4.68 Å². The number of aromatic nitrogens is 2. The van der Waals surface area contributed by atoms with E-state index in [0.29, 0.717) is 5.54 Å². The largest absolute Gasteiger partial charge is 0.311 e. The number of hydrogen-bond acceptors (Lipinski definition) is 2. The van der Waals surface area contributed by atoms with E-state index in [1.54, 1.807) is 0 Å². The minimum absolute atomic E-state index is 0.290. The molecule has 1 rings (SSSR count). The fourth-order valence-electron chi connectivity index (χ4n) is 1.64. The van der Waals surface area contributed by atoms with Crippen molar-refractivity contribution >= 4 is 0 Å². The molecule has 0 spiro atoms. The van der Waals surface area contributed by atoms with E-state index < -0.39 is 0 Å². The molecule has 0 saturated carbocycles. The Morgan fingerprint density at radius 1 is 1.40 bits per heavy atom. The number of aryl methyl sites for hydroxylation is 1. The van der Waals surface area contributed by atoms with E-state index in [-0.39, 0.29) is 0 Å². The Balaban J connectivity index is 2.36. The van der Waals surface area contributed by atoms with Crippen molar-refractivity contribution in [2.24, 2.45) is 7.05 Å². The van der Waals surface area contributed by atoms with E-state index in [2.05, 4.69) is 37.3 Å². The standard InChI is InChI=1S/C12H23N3/c1-5-12(3,6-2)13-9-7-11-8-10-14-15(11)4/h8,10,13H,5-7,9H2,1-4H3. The molecule has 0 unspecified atom stereocenters. The Labute approximate surface area is 92.9 Å². The molecule has 0 saturated heterocycles. The molecule has 0 aliphatic carbocycles. The summed E-state index contributed by atoms with van der Waals surface area (Å²) in [6.07, 6.45) is 5.25. The van der Waals surface area contributed by atoms with Gasteiger partial charge in [-0.05, 0) is 25.8 Å². The molecule has 0 aliphatic heterocycles. The van der Waals surface area contributed by atoms with Crippen LogP contribution in [0.1, 0.15) is 39.3 Å². The molecule has 0 radical (unpaired) electrons. The van der Waals surface area contributed by atoms with E-state index in [1.165, 1.54) is 18.5 Å². The molecule has 0 bridgehead atoms. The van der Waals surface area contributed by atoms with Gasteiger partial charge in [0.25, 0.3) is 0 Å². The zero-order valence-corrected chi connectivity index (χ0v) is 10.4. The molecule has 0 amide bonds. The van der Waals surface area contributed by atoms with Gasteiger partial charge in [-0.2, -0.15) is 5.10 Å². The van der Waals surface area contributed by atoms with Crippen LogP contribution in [0.2, 0.25) is 0 Å². The summed E-state index contributed by atoms with van der Waals surface area (Å²) in [4.78, 5) is 0. The lowest BCUT2D eigenvalue weighted by molar-refractivity contribution is 0.333. The highest BCUT2D eigenvalue weighted by atomic mass is 15.3. The Hall–Kier alpha value is -0.830. The summed E-state index contributed by atoms with van der Waals surface area (Å²) in [6.45, 7) is 7.79. The predicted octanol–water partition coefficient (Wildman–Crippen LogP) is 2.13. The molecule has 0 fully saturated rings. The van der Waals surface area contributed by atoms with Crippen molar-refractivity contribution in [1.29, 1.82) is 0 Å². The third kappa shape index (κ3) is 3.34. The molecule has 1 aromatic heterocycles. The average molecular weight is 209 g/mol. The van der Waals surface area contributed by atoms with Crippen LogP contribution in [0.15, 0.2) is 12.3 Å². The van der Waals surface area contributed by atoms with Gasteiger partial charge >= 0.3 is 0 Å². The fraction of sp³-hybridized carbons (Fsp3) is 0.750. The SMILES string of the molecule is CCC(C)(CC)NCCc1ccnn1C. The van der Waals surface area contributed by atoms with Crippen LogP contribution >= 0.6 is 0 Å². The zero-order valence-electron chi connectivity index (χ0n) is 10.4. The summed E-state index contributed by atoms with van der Waals surface area (Å²) in [5.41, 5.74) is 1.58. The molecular weight excluding hydrogens is 186 g/mol. The van der Waals surface area contributed by atoms with Crippen LogP contribution in [0.4, 0.5) is 0 Å². The molecule has 1 heterocycles. The molecule has 0 atom stereocenters. The van der Waals surface area contributed by atoms with Gasteiger partial charge in [-0.1, -0.05) is 13.8 Å². The number of rotatable bonds is 6. The van der Waals surface area contributed by atoms with Crippen LogP contribution in [-0.4, -0.2) is 21.9 Å². The molecule has 1 aromatic rings. The lowest BCUT2D eigenvalue weighted by Gasteiger charge is -2.28. The van der Waals surface area contributed by atoms with Gasteiger partial charge in [-0.15, -0.1) is 0 Å². The molecule has 3 heteroatoms. The highest BCUT2D eigenvalue weighted by molar-refractivity contribution is 5.00. The maximum Gasteiger partial charge on any atom is 0.0492 e. The van der Waals surface area contributed by atoms with Crippen molar-refractivity contribution in [3.63, 3.8) is 0 Å². The topological polar surface area (TPSA) is 29.9 Å². The van der Waals surface area contributed by atoms with E-state index in [4.69, 9.17) is 0 Å². The Morgan fingerprint density at radius 2 is 2.07 bits per heavy atom. The number of nitrogens with zero attached hydrogens (tertiary/aromatic N) is 2. The van der Waals surface area contributed by atoms with Gasteiger partial charge in [-0.25, -0.2) is 0 Å². The van der Waals surface area contributed by atoms with Gasteiger partial charge in [0, 0.05) is 37.4 Å². The summed E-state index contributed by atoms with van der Waals surface area (Å²) >= 11 is 0. The normalized spacial score (nSPS) is 12.0. The predicted molar refractivity (Wildman–Crippen MR) is 63.9 cm³/mol.